The van der Waals surface area contributed by atoms with Crippen LogP contribution in [0.3, 0.4) is 0 Å². The Morgan fingerprint density at radius 2 is 2.07 bits per heavy atom. The topological polar surface area (TPSA) is 46.5 Å². The van der Waals surface area contributed by atoms with Crippen LogP contribution in [-0.2, 0) is 14.9 Å². The van der Waals surface area contributed by atoms with Crippen LogP contribution in [0.4, 0.5) is 0 Å². The molecule has 1 aromatic rings. The van der Waals surface area contributed by atoms with Crippen molar-refractivity contribution in [1.82, 2.24) is 0 Å². The first-order valence-corrected chi connectivity index (χ1v) is 5.10. The molecule has 0 bridgehead atoms. The van der Waals surface area contributed by atoms with Crippen LogP contribution in [0.5, 0.6) is 5.75 Å². The summed E-state index contributed by atoms with van der Waals surface area (Å²) in [5, 5.41) is 9.41. The molecule has 15 heavy (non-hydrogen) atoms. The highest BCUT2D eigenvalue weighted by Gasteiger charge is 2.34. The Bertz CT molecular complexity index is 354. The van der Waals surface area contributed by atoms with Crippen molar-refractivity contribution in [3.8, 4) is 5.75 Å². The van der Waals surface area contributed by atoms with Crippen molar-refractivity contribution < 1.29 is 14.6 Å². The zero-order chi connectivity index (χ0) is 10.7. The summed E-state index contributed by atoms with van der Waals surface area (Å²) in [4.78, 5) is 11.3. The number of carbonyl (C=O) groups is 1. The molecule has 1 heterocycles. The van der Waals surface area contributed by atoms with Gasteiger partial charge in [-0.25, -0.2) is 0 Å². The average Bonchev–Trinajstić information content (AvgIpc) is 2.30. The van der Waals surface area contributed by atoms with Crippen LogP contribution < -0.4 is 0 Å². The van der Waals surface area contributed by atoms with E-state index in [4.69, 9.17) is 4.74 Å². The van der Waals surface area contributed by atoms with Gasteiger partial charge in [-0.1, -0.05) is 12.1 Å². The minimum absolute atomic E-state index is 0.209. The summed E-state index contributed by atoms with van der Waals surface area (Å²) >= 11 is 0. The molecule has 1 saturated heterocycles. The predicted octanol–water partition coefficient (Wildman–Crippen LogP) is 1.64. The molecule has 3 nitrogen and oxygen atoms in total. The van der Waals surface area contributed by atoms with Crippen molar-refractivity contribution in [2.75, 3.05) is 13.2 Å². The van der Waals surface area contributed by atoms with Crippen molar-refractivity contribution >= 4 is 6.29 Å². The number of hydrogen-bond acceptors (Lipinski definition) is 3. The number of phenolic OH excluding ortho intramolecular Hbond substituents is 1. The van der Waals surface area contributed by atoms with E-state index in [1.807, 2.05) is 6.07 Å². The number of hydrogen-bond donors (Lipinski definition) is 1. The van der Waals surface area contributed by atoms with Gasteiger partial charge in [0.15, 0.2) is 0 Å². The number of aldehydes is 1. The minimum Gasteiger partial charge on any atom is -0.508 e. The fourth-order valence-corrected chi connectivity index (χ4v) is 2.03. The van der Waals surface area contributed by atoms with E-state index in [9.17, 15) is 9.90 Å². The fraction of sp³-hybridized carbons (Fsp3) is 0.417. The fourth-order valence-electron chi connectivity index (χ4n) is 2.03. The van der Waals surface area contributed by atoms with E-state index < -0.39 is 5.41 Å². The Morgan fingerprint density at radius 3 is 2.67 bits per heavy atom. The van der Waals surface area contributed by atoms with E-state index in [1.165, 1.54) is 0 Å². The van der Waals surface area contributed by atoms with Gasteiger partial charge in [-0.15, -0.1) is 0 Å². The summed E-state index contributed by atoms with van der Waals surface area (Å²) in [6, 6.07) is 6.94. The molecule has 0 atom stereocenters. The van der Waals surface area contributed by atoms with Crippen LogP contribution in [0.2, 0.25) is 0 Å². The molecule has 80 valence electrons. The molecule has 1 aromatic carbocycles. The van der Waals surface area contributed by atoms with Crippen LogP contribution in [0.15, 0.2) is 24.3 Å². The van der Waals surface area contributed by atoms with Gasteiger partial charge in [0.25, 0.3) is 0 Å². The maximum atomic E-state index is 11.3. The minimum atomic E-state index is -0.461. The van der Waals surface area contributed by atoms with Crippen LogP contribution in [0, 0.1) is 0 Å². The lowest BCUT2D eigenvalue weighted by molar-refractivity contribution is -0.115. The summed E-state index contributed by atoms with van der Waals surface area (Å²) in [6.07, 6.45) is 2.38. The molecule has 1 fully saturated rings. The average molecular weight is 206 g/mol. The number of phenols is 1. The second kappa shape index (κ2) is 4.03. The summed E-state index contributed by atoms with van der Waals surface area (Å²) in [5.74, 6) is 0.209. The van der Waals surface area contributed by atoms with Crippen molar-refractivity contribution in [3.05, 3.63) is 29.8 Å². The summed E-state index contributed by atoms with van der Waals surface area (Å²) in [7, 11) is 0. The van der Waals surface area contributed by atoms with Crippen LogP contribution in [-0.4, -0.2) is 24.6 Å². The van der Waals surface area contributed by atoms with Crippen LogP contribution >= 0.6 is 0 Å². The highest BCUT2D eigenvalue weighted by atomic mass is 16.5. The molecule has 2 rings (SSSR count). The van der Waals surface area contributed by atoms with Crippen LogP contribution in [0.25, 0.3) is 0 Å². The van der Waals surface area contributed by atoms with Gasteiger partial charge in [-0.3, -0.25) is 0 Å². The van der Waals surface area contributed by atoms with Crippen molar-refractivity contribution in [1.29, 1.82) is 0 Å². The van der Waals surface area contributed by atoms with Gasteiger partial charge < -0.3 is 14.6 Å². The maximum Gasteiger partial charge on any atom is 0.130 e. The quantitative estimate of drug-likeness (QED) is 0.748. The molecule has 0 spiro atoms. The smallest absolute Gasteiger partial charge is 0.130 e. The van der Waals surface area contributed by atoms with Gasteiger partial charge >= 0.3 is 0 Å². The van der Waals surface area contributed by atoms with E-state index in [1.54, 1.807) is 18.2 Å². The maximum absolute atomic E-state index is 11.3. The third-order valence-corrected chi connectivity index (χ3v) is 3.03. The monoisotopic (exact) mass is 206 g/mol. The molecule has 1 N–H and O–H groups in total. The number of ether oxygens (including phenoxy) is 1. The largest absolute Gasteiger partial charge is 0.508 e. The molecule has 0 amide bonds. The second-order valence-electron chi connectivity index (χ2n) is 3.94. The molecule has 0 radical (unpaired) electrons. The molecule has 1 aliphatic heterocycles. The summed E-state index contributed by atoms with van der Waals surface area (Å²) < 4.78 is 5.26. The molecular formula is C12H14O3. The highest BCUT2D eigenvalue weighted by molar-refractivity contribution is 5.69. The lowest BCUT2D eigenvalue weighted by atomic mass is 9.75. The standard InChI is InChI=1S/C12H14O3/c13-9-12(4-6-15-7-5-12)10-2-1-3-11(14)8-10/h1-3,8-9,14H,4-7H2. The molecule has 1 aliphatic rings. The molecule has 0 unspecified atom stereocenters. The van der Waals surface area contributed by atoms with Gasteiger partial charge in [0.2, 0.25) is 0 Å². The predicted molar refractivity (Wildman–Crippen MR) is 55.9 cm³/mol. The Labute approximate surface area is 88.7 Å². The number of rotatable bonds is 2. The van der Waals surface area contributed by atoms with E-state index in [-0.39, 0.29) is 5.75 Å². The lowest BCUT2D eigenvalue weighted by Gasteiger charge is -2.32. The van der Waals surface area contributed by atoms with Gasteiger partial charge in [-0.05, 0) is 30.5 Å². The van der Waals surface area contributed by atoms with Gasteiger partial charge in [0.05, 0.1) is 5.41 Å². The molecule has 0 saturated carbocycles. The third-order valence-electron chi connectivity index (χ3n) is 3.03. The number of carbonyl (C=O) groups excluding carboxylic acids is 1. The number of benzene rings is 1. The molecule has 3 heteroatoms. The summed E-state index contributed by atoms with van der Waals surface area (Å²) in [5.41, 5.74) is 0.428. The van der Waals surface area contributed by atoms with E-state index in [0.717, 1.165) is 11.8 Å². The molecule has 0 aromatic heterocycles. The Kier molecular flexibility index (Phi) is 2.73. The zero-order valence-electron chi connectivity index (χ0n) is 8.48. The first-order valence-electron chi connectivity index (χ1n) is 5.10. The normalized spacial score (nSPS) is 19.7. The highest BCUT2D eigenvalue weighted by Crippen LogP contribution is 2.34. The lowest BCUT2D eigenvalue weighted by Crippen LogP contribution is -2.35. The Balaban J connectivity index is 2.36. The van der Waals surface area contributed by atoms with E-state index in [0.29, 0.717) is 26.1 Å². The van der Waals surface area contributed by atoms with Crippen molar-refractivity contribution in [3.63, 3.8) is 0 Å². The third kappa shape index (κ3) is 1.88. The molecule has 0 aliphatic carbocycles. The Hall–Kier alpha value is -1.35. The second-order valence-corrected chi connectivity index (χ2v) is 3.94. The van der Waals surface area contributed by atoms with Gasteiger partial charge in [0, 0.05) is 13.2 Å². The van der Waals surface area contributed by atoms with Crippen LogP contribution in [0.1, 0.15) is 18.4 Å². The van der Waals surface area contributed by atoms with Gasteiger partial charge in [-0.2, -0.15) is 0 Å². The zero-order valence-corrected chi connectivity index (χ0v) is 8.48. The van der Waals surface area contributed by atoms with Crippen molar-refractivity contribution in [2.45, 2.75) is 18.3 Å². The van der Waals surface area contributed by atoms with Gasteiger partial charge in [0.1, 0.15) is 12.0 Å². The molecular weight excluding hydrogens is 192 g/mol. The van der Waals surface area contributed by atoms with E-state index in [2.05, 4.69) is 0 Å². The SMILES string of the molecule is O=CC1(c2cccc(O)c2)CCOCC1. The summed E-state index contributed by atoms with van der Waals surface area (Å²) in [6.45, 7) is 1.21. The number of aromatic hydroxyl groups is 1. The first-order chi connectivity index (χ1) is 7.27. The van der Waals surface area contributed by atoms with Crippen molar-refractivity contribution in [2.24, 2.45) is 0 Å². The Morgan fingerprint density at radius 1 is 1.33 bits per heavy atom. The first kappa shape index (κ1) is 10.2. The van der Waals surface area contributed by atoms with E-state index >= 15 is 0 Å².